The average molecular weight is 196 g/mol. The molecule has 1 unspecified atom stereocenters. The van der Waals surface area contributed by atoms with Crippen molar-refractivity contribution in [3.63, 3.8) is 0 Å². The van der Waals surface area contributed by atoms with Crippen LogP contribution in [0.3, 0.4) is 0 Å². The zero-order valence-electron chi connectivity index (χ0n) is 8.48. The first-order chi connectivity index (χ1) is 5.83. The molecular weight excluding hydrogens is 180 g/mol. The minimum Gasteiger partial charge on any atom is -0.371 e. The number of aliphatic hydroxyl groups is 1. The van der Waals surface area contributed by atoms with Crippen molar-refractivity contribution < 1.29 is 9.90 Å². The lowest BCUT2D eigenvalue weighted by Gasteiger charge is -2.13. The number of hydrogen-bond acceptors (Lipinski definition) is 2. The van der Waals surface area contributed by atoms with E-state index in [0.717, 1.165) is 6.42 Å². The molecule has 0 aromatic carbocycles. The fourth-order valence-corrected chi connectivity index (χ4v) is 1.86. The Kier molecular flexibility index (Phi) is 2.65. The molecule has 0 bridgehead atoms. The van der Waals surface area contributed by atoms with Crippen molar-refractivity contribution in [3.05, 3.63) is 0 Å². The van der Waals surface area contributed by atoms with Gasteiger partial charge in [-0.3, -0.25) is 4.79 Å². The monoisotopic (exact) mass is 196 g/mol. The molecule has 72 valence electrons. The van der Waals surface area contributed by atoms with Crippen LogP contribution in [-0.4, -0.2) is 24.6 Å². The molecule has 1 saturated carbocycles. The molecule has 1 aliphatic rings. The molecular formula is C10H16O2Si. The molecule has 1 aliphatic carbocycles. The lowest BCUT2D eigenvalue weighted by molar-refractivity contribution is -0.128. The van der Waals surface area contributed by atoms with E-state index >= 15 is 0 Å². The van der Waals surface area contributed by atoms with Crippen molar-refractivity contribution >= 4 is 13.9 Å². The average Bonchev–Trinajstić information content (AvgIpc) is 2.29. The fraction of sp³-hybridized carbons (Fsp3) is 0.700. The van der Waals surface area contributed by atoms with Gasteiger partial charge in [-0.15, -0.1) is 5.54 Å². The van der Waals surface area contributed by atoms with Crippen molar-refractivity contribution in [2.24, 2.45) is 0 Å². The molecule has 3 heteroatoms. The summed E-state index contributed by atoms with van der Waals surface area (Å²) >= 11 is 0. The first kappa shape index (κ1) is 10.5. The Morgan fingerprint density at radius 1 is 1.46 bits per heavy atom. The van der Waals surface area contributed by atoms with Crippen LogP contribution in [0.4, 0.5) is 0 Å². The van der Waals surface area contributed by atoms with Gasteiger partial charge in [0, 0.05) is 6.42 Å². The predicted molar refractivity (Wildman–Crippen MR) is 54.9 cm³/mol. The van der Waals surface area contributed by atoms with E-state index in [-0.39, 0.29) is 5.78 Å². The van der Waals surface area contributed by atoms with Crippen LogP contribution >= 0.6 is 0 Å². The number of hydrogen-bond donors (Lipinski definition) is 1. The summed E-state index contributed by atoms with van der Waals surface area (Å²) in [7, 11) is -1.47. The smallest absolute Gasteiger partial charge is 0.183 e. The Morgan fingerprint density at radius 2 is 2.08 bits per heavy atom. The maximum absolute atomic E-state index is 11.3. The molecule has 0 radical (unpaired) electrons. The van der Waals surface area contributed by atoms with E-state index in [0.29, 0.717) is 12.8 Å². The molecule has 13 heavy (non-hydrogen) atoms. The molecule has 0 aromatic rings. The van der Waals surface area contributed by atoms with Gasteiger partial charge >= 0.3 is 0 Å². The highest BCUT2D eigenvalue weighted by molar-refractivity contribution is 6.83. The number of Topliss-reactive ketones (excluding diaryl/α,β-unsaturated/α-hetero) is 1. The summed E-state index contributed by atoms with van der Waals surface area (Å²) in [6.45, 7) is 6.30. The van der Waals surface area contributed by atoms with Gasteiger partial charge in [-0.1, -0.05) is 25.6 Å². The third-order valence-electron chi connectivity index (χ3n) is 2.05. The van der Waals surface area contributed by atoms with E-state index in [4.69, 9.17) is 0 Å². The summed E-state index contributed by atoms with van der Waals surface area (Å²) in [5.74, 6) is 2.67. The standard InChI is InChI=1S/C10H16O2Si/c1-13(2,3)8-7-10(12)6-4-5-9(10)11/h12H,4-6H2,1-3H3. The molecule has 0 amide bonds. The summed E-state index contributed by atoms with van der Waals surface area (Å²) in [4.78, 5) is 11.3. The van der Waals surface area contributed by atoms with Crippen molar-refractivity contribution in [2.45, 2.75) is 44.5 Å². The molecule has 0 aliphatic heterocycles. The highest BCUT2D eigenvalue weighted by Gasteiger charge is 2.38. The largest absolute Gasteiger partial charge is 0.371 e. The zero-order valence-corrected chi connectivity index (χ0v) is 9.48. The van der Waals surface area contributed by atoms with Crippen LogP contribution in [-0.2, 0) is 4.79 Å². The van der Waals surface area contributed by atoms with Gasteiger partial charge in [0.15, 0.2) is 11.4 Å². The Labute approximate surface area is 80.4 Å². The topological polar surface area (TPSA) is 37.3 Å². The second kappa shape index (κ2) is 3.28. The lowest BCUT2D eigenvalue weighted by atomic mass is 10.0. The van der Waals surface area contributed by atoms with Gasteiger partial charge in [-0.05, 0) is 12.8 Å². The van der Waals surface area contributed by atoms with E-state index < -0.39 is 13.7 Å². The van der Waals surface area contributed by atoms with Crippen molar-refractivity contribution in [3.8, 4) is 11.5 Å². The quantitative estimate of drug-likeness (QED) is 0.469. The molecule has 0 aromatic heterocycles. The molecule has 1 fully saturated rings. The van der Waals surface area contributed by atoms with Gasteiger partial charge in [0.05, 0.1) is 0 Å². The highest BCUT2D eigenvalue weighted by Crippen LogP contribution is 2.25. The third-order valence-corrected chi connectivity index (χ3v) is 2.92. The molecule has 1 atom stereocenters. The maximum Gasteiger partial charge on any atom is 0.183 e. The van der Waals surface area contributed by atoms with Gasteiger partial charge in [0.2, 0.25) is 0 Å². The fourth-order valence-electron chi connectivity index (χ4n) is 1.27. The van der Waals surface area contributed by atoms with Crippen LogP contribution in [0, 0.1) is 11.5 Å². The van der Waals surface area contributed by atoms with Crippen LogP contribution in [0.5, 0.6) is 0 Å². The van der Waals surface area contributed by atoms with Gasteiger partial charge in [-0.25, -0.2) is 0 Å². The van der Waals surface area contributed by atoms with Crippen LogP contribution in [0.2, 0.25) is 19.6 Å². The number of rotatable bonds is 0. The van der Waals surface area contributed by atoms with E-state index in [9.17, 15) is 9.90 Å². The van der Waals surface area contributed by atoms with Crippen LogP contribution in [0.1, 0.15) is 19.3 Å². The minimum atomic E-state index is -1.47. The normalized spacial score (nSPS) is 28.5. The number of ketones is 1. The van der Waals surface area contributed by atoms with Gasteiger partial charge in [0.1, 0.15) is 8.07 Å². The summed E-state index contributed by atoms with van der Waals surface area (Å²) in [5.41, 5.74) is 1.75. The predicted octanol–water partition coefficient (Wildman–Crippen LogP) is 1.35. The van der Waals surface area contributed by atoms with Crippen LogP contribution in [0.25, 0.3) is 0 Å². The molecule has 0 spiro atoms. The number of carbonyl (C=O) groups excluding carboxylic acids is 1. The van der Waals surface area contributed by atoms with E-state index in [1.807, 2.05) is 0 Å². The second-order valence-corrected chi connectivity index (χ2v) is 9.39. The number of carbonyl (C=O) groups is 1. The molecule has 0 saturated heterocycles. The van der Waals surface area contributed by atoms with Crippen LogP contribution in [0.15, 0.2) is 0 Å². The van der Waals surface area contributed by atoms with Crippen LogP contribution < -0.4 is 0 Å². The minimum absolute atomic E-state index is 0.0988. The van der Waals surface area contributed by atoms with E-state index in [1.165, 1.54) is 0 Å². The van der Waals surface area contributed by atoms with Gasteiger partial charge in [-0.2, -0.15) is 0 Å². The Morgan fingerprint density at radius 3 is 2.46 bits per heavy atom. The summed E-state index contributed by atoms with van der Waals surface area (Å²) < 4.78 is 0. The zero-order chi connectivity index (χ0) is 10.1. The van der Waals surface area contributed by atoms with Crippen molar-refractivity contribution in [1.29, 1.82) is 0 Å². The summed E-state index contributed by atoms with van der Waals surface area (Å²) in [6, 6.07) is 0. The first-order valence-electron chi connectivity index (χ1n) is 4.63. The van der Waals surface area contributed by atoms with E-state index in [1.54, 1.807) is 0 Å². The van der Waals surface area contributed by atoms with Crippen molar-refractivity contribution in [2.75, 3.05) is 0 Å². The Balaban J connectivity index is 2.81. The SMILES string of the molecule is C[Si](C)(C)C#CC1(O)CCCC1=O. The van der Waals surface area contributed by atoms with Gasteiger partial charge in [0.25, 0.3) is 0 Å². The first-order valence-corrected chi connectivity index (χ1v) is 8.13. The Hall–Kier alpha value is -0.593. The molecule has 2 nitrogen and oxygen atoms in total. The molecule has 1 rings (SSSR count). The molecule has 0 heterocycles. The summed E-state index contributed by atoms with van der Waals surface area (Å²) in [6.07, 6.45) is 1.77. The van der Waals surface area contributed by atoms with E-state index in [2.05, 4.69) is 31.1 Å². The second-order valence-electron chi connectivity index (χ2n) is 4.64. The van der Waals surface area contributed by atoms with Crippen molar-refractivity contribution in [1.82, 2.24) is 0 Å². The van der Waals surface area contributed by atoms with Gasteiger partial charge < -0.3 is 5.11 Å². The highest BCUT2D eigenvalue weighted by atomic mass is 28.3. The molecule has 1 N–H and O–H groups in total. The lowest BCUT2D eigenvalue weighted by Crippen LogP contribution is -2.32. The third kappa shape index (κ3) is 2.68. The maximum atomic E-state index is 11.3. The summed E-state index contributed by atoms with van der Waals surface area (Å²) in [5, 5.41) is 9.82. The Bertz CT molecular complexity index is 280.